The fraction of sp³-hybridized carbons (Fsp3) is 0.538. The maximum atomic E-state index is 11.9. The molecule has 1 aliphatic rings. The third-order valence-corrected chi connectivity index (χ3v) is 3.24. The predicted molar refractivity (Wildman–Crippen MR) is 71.9 cm³/mol. The molecule has 1 aromatic rings. The Labute approximate surface area is 108 Å². The molecule has 0 bridgehead atoms. The van der Waals surface area contributed by atoms with Gasteiger partial charge >= 0.3 is 0 Å². The standard InChI is InChI=1S/C13H20N4O/c1-4-17(11-8-14-9-11)10-5-6-15-12(7-10)13(18)16(2)3/h5-7,11,14H,4,8-9H2,1-3H3. The van der Waals surface area contributed by atoms with E-state index in [2.05, 4.69) is 22.1 Å². The molecule has 0 radical (unpaired) electrons. The van der Waals surface area contributed by atoms with Gasteiger partial charge in [-0.05, 0) is 19.1 Å². The van der Waals surface area contributed by atoms with E-state index in [0.29, 0.717) is 11.7 Å². The molecule has 2 heterocycles. The molecule has 1 amide bonds. The van der Waals surface area contributed by atoms with Crippen molar-refractivity contribution in [3.8, 4) is 0 Å². The van der Waals surface area contributed by atoms with E-state index in [9.17, 15) is 4.79 Å². The number of carbonyl (C=O) groups is 1. The van der Waals surface area contributed by atoms with Crippen LogP contribution in [0.4, 0.5) is 5.69 Å². The Morgan fingerprint density at radius 2 is 2.22 bits per heavy atom. The van der Waals surface area contributed by atoms with Crippen LogP contribution in [0.3, 0.4) is 0 Å². The second kappa shape index (κ2) is 5.35. The normalized spacial score (nSPS) is 15.1. The second-order valence-electron chi connectivity index (χ2n) is 4.70. The molecule has 18 heavy (non-hydrogen) atoms. The van der Waals surface area contributed by atoms with Gasteiger partial charge in [0.1, 0.15) is 5.69 Å². The minimum atomic E-state index is -0.0559. The summed E-state index contributed by atoms with van der Waals surface area (Å²) < 4.78 is 0. The van der Waals surface area contributed by atoms with Gasteiger partial charge in [0.15, 0.2) is 0 Å². The molecule has 1 fully saturated rings. The van der Waals surface area contributed by atoms with Gasteiger partial charge in [-0.1, -0.05) is 0 Å². The highest BCUT2D eigenvalue weighted by Gasteiger charge is 2.24. The molecule has 98 valence electrons. The maximum absolute atomic E-state index is 11.9. The van der Waals surface area contributed by atoms with Crippen molar-refractivity contribution in [1.82, 2.24) is 15.2 Å². The number of amides is 1. The van der Waals surface area contributed by atoms with Crippen LogP contribution in [0.5, 0.6) is 0 Å². The molecule has 0 spiro atoms. The van der Waals surface area contributed by atoms with Gasteiger partial charge in [0.05, 0.1) is 6.04 Å². The van der Waals surface area contributed by atoms with Crippen molar-refractivity contribution in [2.75, 3.05) is 38.6 Å². The Morgan fingerprint density at radius 1 is 1.50 bits per heavy atom. The zero-order chi connectivity index (χ0) is 13.1. The molecule has 0 atom stereocenters. The molecule has 0 aromatic carbocycles. The first-order valence-corrected chi connectivity index (χ1v) is 6.28. The van der Waals surface area contributed by atoms with Crippen molar-refractivity contribution in [1.29, 1.82) is 0 Å². The summed E-state index contributed by atoms with van der Waals surface area (Å²) in [7, 11) is 3.48. The van der Waals surface area contributed by atoms with E-state index in [1.165, 1.54) is 0 Å². The maximum Gasteiger partial charge on any atom is 0.272 e. The lowest BCUT2D eigenvalue weighted by molar-refractivity contribution is 0.0822. The number of rotatable bonds is 4. The molecular weight excluding hydrogens is 228 g/mol. The average molecular weight is 248 g/mol. The van der Waals surface area contributed by atoms with E-state index in [4.69, 9.17) is 0 Å². The van der Waals surface area contributed by atoms with Crippen LogP contribution in [-0.4, -0.2) is 55.6 Å². The predicted octanol–water partition coefficient (Wildman–Crippen LogP) is 0.581. The van der Waals surface area contributed by atoms with Crippen LogP contribution < -0.4 is 10.2 Å². The first-order valence-electron chi connectivity index (χ1n) is 6.28. The topological polar surface area (TPSA) is 48.5 Å². The summed E-state index contributed by atoms with van der Waals surface area (Å²) in [5, 5.41) is 3.27. The zero-order valence-electron chi connectivity index (χ0n) is 11.2. The van der Waals surface area contributed by atoms with Gasteiger partial charge in [0.2, 0.25) is 0 Å². The van der Waals surface area contributed by atoms with E-state index in [1.54, 1.807) is 25.2 Å². The van der Waals surface area contributed by atoms with Gasteiger partial charge in [-0.2, -0.15) is 0 Å². The number of nitrogens with zero attached hydrogens (tertiary/aromatic N) is 3. The zero-order valence-corrected chi connectivity index (χ0v) is 11.2. The van der Waals surface area contributed by atoms with E-state index >= 15 is 0 Å². The summed E-state index contributed by atoms with van der Waals surface area (Å²) in [4.78, 5) is 19.9. The third-order valence-electron chi connectivity index (χ3n) is 3.24. The summed E-state index contributed by atoms with van der Waals surface area (Å²) in [5.41, 5.74) is 1.58. The summed E-state index contributed by atoms with van der Waals surface area (Å²) >= 11 is 0. The number of anilines is 1. The number of carbonyl (C=O) groups excluding carboxylic acids is 1. The molecule has 0 saturated carbocycles. The van der Waals surface area contributed by atoms with E-state index in [-0.39, 0.29) is 5.91 Å². The Balaban J connectivity index is 2.22. The van der Waals surface area contributed by atoms with Crippen molar-refractivity contribution in [3.63, 3.8) is 0 Å². The first kappa shape index (κ1) is 12.8. The number of likely N-dealkylation sites (N-methyl/N-ethyl adjacent to an activating group) is 1. The molecular formula is C13H20N4O. The molecule has 1 N–H and O–H groups in total. The highest BCUT2D eigenvalue weighted by Crippen LogP contribution is 2.19. The Bertz CT molecular complexity index is 429. The van der Waals surface area contributed by atoms with Gasteiger partial charge in [-0.15, -0.1) is 0 Å². The van der Waals surface area contributed by atoms with Gasteiger partial charge in [0, 0.05) is 45.6 Å². The van der Waals surface area contributed by atoms with Crippen LogP contribution in [0.1, 0.15) is 17.4 Å². The van der Waals surface area contributed by atoms with E-state index in [1.807, 2.05) is 12.1 Å². The fourth-order valence-corrected chi connectivity index (χ4v) is 2.09. The van der Waals surface area contributed by atoms with Crippen LogP contribution in [-0.2, 0) is 0 Å². The van der Waals surface area contributed by atoms with Gasteiger partial charge in [0.25, 0.3) is 5.91 Å². The second-order valence-corrected chi connectivity index (χ2v) is 4.70. The number of pyridine rings is 1. The SMILES string of the molecule is CCN(c1ccnc(C(=O)N(C)C)c1)C1CNC1. The van der Waals surface area contributed by atoms with Crippen LogP contribution in [0, 0.1) is 0 Å². The quantitative estimate of drug-likeness (QED) is 0.847. The lowest BCUT2D eigenvalue weighted by Crippen LogP contribution is -2.57. The van der Waals surface area contributed by atoms with Crippen molar-refractivity contribution >= 4 is 11.6 Å². The van der Waals surface area contributed by atoms with Gasteiger partial charge in [-0.3, -0.25) is 9.78 Å². The largest absolute Gasteiger partial charge is 0.366 e. The molecule has 1 aromatic heterocycles. The molecule has 5 heteroatoms. The molecule has 2 rings (SSSR count). The summed E-state index contributed by atoms with van der Waals surface area (Å²) in [6, 6.07) is 4.37. The number of aromatic nitrogens is 1. The van der Waals surface area contributed by atoms with Crippen LogP contribution in [0.15, 0.2) is 18.3 Å². The third kappa shape index (κ3) is 2.46. The highest BCUT2D eigenvalue weighted by atomic mass is 16.2. The molecule has 0 unspecified atom stereocenters. The smallest absolute Gasteiger partial charge is 0.272 e. The lowest BCUT2D eigenvalue weighted by Gasteiger charge is -2.39. The summed E-state index contributed by atoms with van der Waals surface area (Å²) in [6.07, 6.45) is 1.71. The minimum Gasteiger partial charge on any atom is -0.366 e. The fourth-order valence-electron chi connectivity index (χ4n) is 2.09. The van der Waals surface area contributed by atoms with Crippen molar-refractivity contribution in [3.05, 3.63) is 24.0 Å². The Morgan fingerprint density at radius 3 is 2.72 bits per heavy atom. The summed E-state index contributed by atoms with van der Waals surface area (Å²) in [6.45, 7) is 5.08. The number of hydrogen-bond acceptors (Lipinski definition) is 4. The first-order chi connectivity index (χ1) is 8.63. The van der Waals surface area contributed by atoms with Crippen LogP contribution in [0.25, 0.3) is 0 Å². The monoisotopic (exact) mass is 248 g/mol. The number of hydrogen-bond donors (Lipinski definition) is 1. The van der Waals surface area contributed by atoms with Crippen molar-refractivity contribution in [2.24, 2.45) is 0 Å². The van der Waals surface area contributed by atoms with Crippen LogP contribution in [0.2, 0.25) is 0 Å². The highest BCUT2D eigenvalue weighted by molar-refractivity contribution is 5.92. The molecule has 5 nitrogen and oxygen atoms in total. The average Bonchev–Trinajstić information content (AvgIpc) is 2.32. The van der Waals surface area contributed by atoms with E-state index < -0.39 is 0 Å². The van der Waals surface area contributed by atoms with Gasteiger partial charge < -0.3 is 15.1 Å². The lowest BCUT2D eigenvalue weighted by atomic mass is 10.1. The van der Waals surface area contributed by atoms with Crippen molar-refractivity contribution < 1.29 is 4.79 Å². The minimum absolute atomic E-state index is 0.0559. The van der Waals surface area contributed by atoms with Gasteiger partial charge in [-0.25, -0.2) is 0 Å². The Hall–Kier alpha value is -1.62. The molecule has 0 aliphatic carbocycles. The molecule has 1 saturated heterocycles. The summed E-state index contributed by atoms with van der Waals surface area (Å²) in [5.74, 6) is -0.0559. The van der Waals surface area contributed by atoms with E-state index in [0.717, 1.165) is 25.3 Å². The number of nitrogens with one attached hydrogen (secondary N) is 1. The molecule has 1 aliphatic heterocycles. The Kier molecular flexibility index (Phi) is 3.81. The van der Waals surface area contributed by atoms with Crippen LogP contribution >= 0.6 is 0 Å². The van der Waals surface area contributed by atoms with Crippen molar-refractivity contribution in [2.45, 2.75) is 13.0 Å².